The molecule has 1 N–H and O–H groups in total. The second kappa shape index (κ2) is 11.6. The van der Waals surface area contributed by atoms with Gasteiger partial charge in [0.25, 0.3) is 5.91 Å². The molecule has 7 nitrogen and oxygen atoms in total. The predicted molar refractivity (Wildman–Crippen MR) is 132 cm³/mol. The Kier molecular flexibility index (Phi) is 8.57. The number of rotatable bonds is 10. The van der Waals surface area contributed by atoms with Gasteiger partial charge in [-0.2, -0.15) is 0 Å². The first-order chi connectivity index (χ1) is 16.0. The average Bonchev–Trinajstić information content (AvgIpc) is 3.10. The molecule has 8 heteroatoms. The van der Waals surface area contributed by atoms with Crippen LogP contribution in [-0.4, -0.2) is 55.1 Å². The fourth-order valence-electron chi connectivity index (χ4n) is 3.24. The molecule has 0 aromatic heterocycles. The largest absolute Gasteiger partial charge is 0.504 e. The lowest BCUT2D eigenvalue weighted by atomic mass is 10.1. The van der Waals surface area contributed by atoms with Crippen molar-refractivity contribution < 1.29 is 24.1 Å². The third-order valence-electron chi connectivity index (χ3n) is 4.84. The molecule has 1 fully saturated rings. The Balaban J connectivity index is 1.98. The van der Waals surface area contributed by atoms with Crippen molar-refractivity contribution in [3.05, 3.63) is 65.1 Å². The number of ether oxygens (including phenoxy) is 3. The molecule has 174 valence electrons. The van der Waals surface area contributed by atoms with Crippen LogP contribution in [0.3, 0.4) is 0 Å². The van der Waals surface area contributed by atoms with Crippen LogP contribution in [0.4, 0.5) is 5.69 Å². The van der Waals surface area contributed by atoms with Crippen molar-refractivity contribution in [2.24, 2.45) is 4.99 Å². The normalized spacial score (nSPS) is 16.0. The van der Waals surface area contributed by atoms with Crippen LogP contribution in [0, 0.1) is 0 Å². The molecule has 1 amide bonds. The van der Waals surface area contributed by atoms with Gasteiger partial charge >= 0.3 is 0 Å². The van der Waals surface area contributed by atoms with Gasteiger partial charge < -0.3 is 19.3 Å². The highest BCUT2D eigenvalue weighted by molar-refractivity contribution is 8.18. The number of carbonyl (C=O) groups is 1. The van der Waals surface area contributed by atoms with Gasteiger partial charge in [0, 0.05) is 12.7 Å². The summed E-state index contributed by atoms with van der Waals surface area (Å²) in [5, 5.41) is 11.0. The molecule has 2 aromatic rings. The number of phenols is 1. The molecule has 33 heavy (non-hydrogen) atoms. The zero-order valence-corrected chi connectivity index (χ0v) is 19.9. The fourth-order valence-corrected chi connectivity index (χ4v) is 4.26. The number of benzene rings is 2. The standard InChI is InChI=1S/C25H28N2O5S/c1-5-7-18-14-17(15-21(23(18)28)32-6-2)16-22-24(29)27(12-13-30-3)25(33-22)26-19-8-10-20(31-4)11-9-19/h5,8-11,14-16,28H,1,6-7,12-13H2,2-4H3/b22-16-,26-25?. The van der Waals surface area contributed by atoms with Crippen LogP contribution < -0.4 is 9.47 Å². The van der Waals surface area contributed by atoms with Crippen molar-refractivity contribution in [1.29, 1.82) is 0 Å². The van der Waals surface area contributed by atoms with Gasteiger partial charge in [-0.15, -0.1) is 6.58 Å². The summed E-state index contributed by atoms with van der Waals surface area (Å²) in [5.74, 6) is 1.05. The minimum absolute atomic E-state index is 0.0905. The van der Waals surface area contributed by atoms with Crippen LogP contribution >= 0.6 is 11.8 Å². The fraction of sp³-hybridized carbons (Fsp3) is 0.280. The Labute approximate surface area is 198 Å². The van der Waals surface area contributed by atoms with E-state index in [1.165, 1.54) is 11.8 Å². The van der Waals surface area contributed by atoms with Gasteiger partial charge in [-0.3, -0.25) is 9.69 Å². The molecular formula is C25H28N2O5S. The molecule has 0 spiro atoms. The van der Waals surface area contributed by atoms with Crippen molar-refractivity contribution in [2.75, 3.05) is 34.0 Å². The monoisotopic (exact) mass is 468 g/mol. The molecule has 0 radical (unpaired) electrons. The lowest BCUT2D eigenvalue weighted by Gasteiger charge is -2.14. The predicted octanol–water partition coefficient (Wildman–Crippen LogP) is 4.78. The van der Waals surface area contributed by atoms with Crippen LogP contribution in [0.1, 0.15) is 18.1 Å². The summed E-state index contributed by atoms with van der Waals surface area (Å²) in [6.45, 7) is 6.79. The van der Waals surface area contributed by atoms with Crippen LogP contribution in [-0.2, 0) is 16.0 Å². The number of phenolic OH excluding ortho intramolecular Hbond substituents is 1. The lowest BCUT2D eigenvalue weighted by Crippen LogP contribution is -2.32. The van der Waals surface area contributed by atoms with E-state index in [1.54, 1.807) is 37.3 Å². The first-order valence-corrected chi connectivity index (χ1v) is 11.3. The highest BCUT2D eigenvalue weighted by atomic mass is 32.2. The van der Waals surface area contributed by atoms with Crippen molar-refractivity contribution in [3.63, 3.8) is 0 Å². The number of hydrogen-bond acceptors (Lipinski definition) is 7. The quantitative estimate of drug-likeness (QED) is 0.399. The third-order valence-corrected chi connectivity index (χ3v) is 5.85. The van der Waals surface area contributed by atoms with E-state index in [0.29, 0.717) is 53.3 Å². The van der Waals surface area contributed by atoms with Crippen molar-refractivity contribution in [3.8, 4) is 17.2 Å². The summed E-state index contributed by atoms with van der Waals surface area (Å²) in [5.41, 5.74) is 2.15. The lowest BCUT2D eigenvalue weighted by molar-refractivity contribution is -0.122. The van der Waals surface area contributed by atoms with Gasteiger partial charge in [0.05, 0.1) is 37.5 Å². The van der Waals surface area contributed by atoms with Crippen LogP contribution in [0.5, 0.6) is 17.2 Å². The van der Waals surface area contributed by atoms with Crippen molar-refractivity contribution in [2.45, 2.75) is 13.3 Å². The summed E-state index contributed by atoms with van der Waals surface area (Å²) in [4.78, 5) is 20.0. The Bertz CT molecular complexity index is 1060. The molecule has 1 saturated heterocycles. The number of amides is 1. The van der Waals surface area contributed by atoms with E-state index in [1.807, 2.05) is 37.3 Å². The van der Waals surface area contributed by atoms with Gasteiger partial charge in [0.1, 0.15) is 5.75 Å². The molecule has 0 aliphatic carbocycles. The second-order valence-corrected chi connectivity index (χ2v) is 8.11. The molecule has 0 saturated carbocycles. The molecule has 1 aliphatic heterocycles. The Morgan fingerprint density at radius 2 is 1.97 bits per heavy atom. The number of nitrogens with zero attached hydrogens (tertiary/aromatic N) is 2. The van der Waals surface area contributed by atoms with E-state index in [4.69, 9.17) is 14.2 Å². The summed E-state index contributed by atoms with van der Waals surface area (Å²) >= 11 is 1.30. The number of amidine groups is 1. The highest BCUT2D eigenvalue weighted by Gasteiger charge is 2.33. The van der Waals surface area contributed by atoms with Gasteiger partial charge in [-0.05, 0) is 73.1 Å². The highest BCUT2D eigenvalue weighted by Crippen LogP contribution is 2.37. The van der Waals surface area contributed by atoms with Gasteiger partial charge in [0.2, 0.25) is 0 Å². The van der Waals surface area contributed by atoms with E-state index in [2.05, 4.69) is 11.6 Å². The SMILES string of the molecule is C=CCc1cc(/C=C2\SC(=Nc3ccc(OC)cc3)N(CCOC)C2=O)cc(OCC)c1O. The van der Waals surface area contributed by atoms with Crippen LogP contribution in [0.2, 0.25) is 0 Å². The van der Waals surface area contributed by atoms with E-state index >= 15 is 0 Å². The third kappa shape index (κ3) is 5.97. The summed E-state index contributed by atoms with van der Waals surface area (Å²) in [6, 6.07) is 10.9. The Morgan fingerprint density at radius 3 is 2.61 bits per heavy atom. The maximum atomic E-state index is 13.2. The van der Waals surface area contributed by atoms with Crippen molar-refractivity contribution in [1.82, 2.24) is 4.90 Å². The molecule has 2 aromatic carbocycles. The first kappa shape index (κ1) is 24.4. The number of allylic oxidation sites excluding steroid dienone is 1. The van der Waals surface area contributed by atoms with E-state index in [-0.39, 0.29) is 11.7 Å². The van der Waals surface area contributed by atoms with E-state index in [9.17, 15) is 9.90 Å². The zero-order valence-electron chi connectivity index (χ0n) is 19.0. The molecule has 1 aliphatic rings. The van der Waals surface area contributed by atoms with Gasteiger partial charge in [-0.1, -0.05) is 6.08 Å². The zero-order chi connectivity index (χ0) is 23.8. The molecule has 3 rings (SSSR count). The Hall–Kier alpha value is -3.23. The molecule has 0 bridgehead atoms. The number of methoxy groups -OCH3 is 2. The molecule has 0 atom stereocenters. The van der Waals surface area contributed by atoms with Gasteiger partial charge in [0.15, 0.2) is 16.7 Å². The Morgan fingerprint density at radius 1 is 1.21 bits per heavy atom. The van der Waals surface area contributed by atoms with Crippen LogP contribution in [0.25, 0.3) is 6.08 Å². The van der Waals surface area contributed by atoms with Crippen molar-refractivity contribution >= 4 is 34.6 Å². The summed E-state index contributed by atoms with van der Waals surface area (Å²) in [7, 11) is 3.20. The summed E-state index contributed by atoms with van der Waals surface area (Å²) in [6.07, 6.45) is 3.98. The number of aliphatic imine (C=N–C) groups is 1. The first-order valence-electron chi connectivity index (χ1n) is 10.5. The summed E-state index contributed by atoms with van der Waals surface area (Å²) < 4.78 is 16.0. The molecule has 0 unspecified atom stereocenters. The minimum atomic E-state index is -0.152. The maximum Gasteiger partial charge on any atom is 0.266 e. The van der Waals surface area contributed by atoms with E-state index < -0.39 is 0 Å². The minimum Gasteiger partial charge on any atom is -0.504 e. The molecule has 1 heterocycles. The average molecular weight is 469 g/mol. The number of carbonyl (C=O) groups excluding carboxylic acids is 1. The number of hydrogen-bond donors (Lipinski definition) is 1. The molecular weight excluding hydrogens is 440 g/mol. The topological polar surface area (TPSA) is 80.6 Å². The smallest absolute Gasteiger partial charge is 0.266 e. The number of aromatic hydroxyl groups is 1. The van der Waals surface area contributed by atoms with E-state index in [0.717, 1.165) is 11.3 Å². The second-order valence-electron chi connectivity index (χ2n) is 7.11. The van der Waals surface area contributed by atoms with Crippen LogP contribution in [0.15, 0.2) is 59.0 Å². The number of thioether (sulfide) groups is 1. The maximum absolute atomic E-state index is 13.2. The van der Waals surface area contributed by atoms with Gasteiger partial charge in [-0.25, -0.2) is 4.99 Å².